The van der Waals surface area contributed by atoms with E-state index in [1.54, 1.807) is 31.7 Å². The van der Waals surface area contributed by atoms with Crippen LogP contribution in [-0.2, 0) is 15.1 Å². The van der Waals surface area contributed by atoms with Gasteiger partial charge in [0.15, 0.2) is 5.89 Å². The Bertz CT molecular complexity index is 853. The molecule has 1 amide bonds. The minimum Gasteiger partial charge on any atom is -0.491 e. The highest BCUT2D eigenvalue weighted by atomic mass is 19.3. The fourth-order valence-electron chi connectivity index (χ4n) is 3.67. The van der Waals surface area contributed by atoms with Crippen molar-refractivity contribution < 1.29 is 27.8 Å². The first-order valence-corrected chi connectivity index (χ1v) is 11.4. The number of hydrogen-bond donors (Lipinski definition) is 1. The quantitative estimate of drug-likeness (QED) is 0.304. The van der Waals surface area contributed by atoms with Crippen molar-refractivity contribution >= 4 is 5.91 Å². The van der Waals surface area contributed by atoms with Crippen molar-refractivity contribution in [3.8, 4) is 0 Å². The topological polar surface area (TPSA) is 75.8 Å². The van der Waals surface area contributed by atoms with Gasteiger partial charge in [-0.25, -0.2) is 13.8 Å². The third-order valence-corrected chi connectivity index (χ3v) is 5.32. The highest BCUT2D eigenvalue weighted by molar-refractivity contribution is 5.97. The third kappa shape index (κ3) is 7.81. The first-order chi connectivity index (χ1) is 15.5. The molecule has 1 aromatic rings. The van der Waals surface area contributed by atoms with Gasteiger partial charge in [-0.15, -0.1) is 0 Å². The number of aliphatic hydroxyl groups is 1. The van der Waals surface area contributed by atoms with E-state index in [1.807, 2.05) is 20.8 Å². The van der Waals surface area contributed by atoms with Gasteiger partial charge in [-0.05, 0) is 53.5 Å². The van der Waals surface area contributed by atoms with Gasteiger partial charge in [0.1, 0.15) is 29.4 Å². The molecule has 2 rings (SSSR count). The van der Waals surface area contributed by atoms with Crippen molar-refractivity contribution in [2.24, 2.45) is 0 Å². The van der Waals surface area contributed by atoms with E-state index in [2.05, 4.69) is 11.6 Å². The number of allylic oxidation sites excluding steroid dienone is 3. The van der Waals surface area contributed by atoms with E-state index in [4.69, 9.17) is 9.15 Å². The first kappa shape index (κ1) is 28.6. The molecule has 1 N–H and O–H groups in total. The fraction of sp³-hybridized carbons (Fsp3) is 0.600. The maximum absolute atomic E-state index is 13.3. The summed E-state index contributed by atoms with van der Waals surface area (Å²) in [5.41, 5.74) is -0.452. The summed E-state index contributed by atoms with van der Waals surface area (Å²) < 4.78 is 36.1. The number of nitrogens with zero attached hydrogens (tertiary/aromatic N) is 2. The second-order valence-corrected chi connectivity index (χ2v) is 8.36. The standard InChI is InChI=1S/C23H32F2N2O4.C2H6/c1-7-8-9-18(15(3)30-13-19(24)25)22(28)27-12-17(11-10-14(27)2)21-26-20(16(4)31-21)23(5,6)29;1-2/h7-9,14,17,19,29H,1,10-13H2,2-6H3;1-2H3/b9-8-,18-15-;/t14-,17?;/m1./s1. The average molecular weight is 469 g/mol. The molecule has 2 heterocycles. The number of amides is 1. The van der Waals surface area contributed by atoms with E-state index in [1.165, 1.54) is 19.1 Å². The number of likely N-dealkylation sites (tertiary alicyclic amines) is 1. The van der Waals surface area contributed by atoms with E-state index < -0.39 is 18.6 Å². The van der Waals surface area contributed by atoms with Crippen molar-refractivity contribution in [3.05, 3.63) is 53.5 Å². The molecule has 186 valence electrons. The van der Waals surface area contributed by atoms with Crippen LogP contribution in [0.15, 0.2) is 40.6 Å². The summed E-state index contributed by atoms with van der Waals surface area (Å²) in [6.07, 6.45) is 3.47. The number of carbonyl (C=O) groups excluding carboxylic acids is 1. The Kier molecular flexibility index (Phi) is 11.0. The average Bonchev–Trinajstić information content (AvgIpc) is 3.16. The minimum absolute atomic E-state index is 0.0522. The number of aryl methyl sites for hydroxylation is 1. The monoisotopic (exact) mass is 468 g/mol. The molecule has 0 saturated carbocycles. The summed E-state index contributed by atoms with van der Waals surface area (Å²) in [7, 11) is 0. The van der Waals surface area contributed by atoms with Crippen LogP contribution in [0.4, 0.5) is 8.78 Å². The lowest BCUT2D eigenvalue weighted by atomic mass is 9.92. The summed E-state index contributed by atoms with van der Waals surface area (Å²) in [4.78, 5) is 19.5. The van der Waals surface area contributed by atoms with Crippen molar-refractivity contribution in [1.82, 2.24) is 9.88 Å². The van der Waals surface area contributed by atoms with Crippen molar-refractivity contribution in [2.75, 3.05) is 13.2 Å². The number of hydrogen-bond acceptors (Lipinski definition) is 5. The normalized spacial score (nSPS) is 19.8. The van der Waals surface area contributed by atoms with Crippen LogP contribution >= 0.6 is 0 Å². The number of alkyl halides is 2. The first-order valence-electron chi connectivity index (χ1n) is 11.4. The Balaban J connectivity index is 0.00000265. The second-order valence-electron chi connectivity index (χ2n) is 8.36. The van der Waals surface area contributed by atoms with Crippen LogP contribution in [0.5, 0.6) is 0 Å². The zero-order valence-corrected chi connectivity index (χ0v) is 20.8. The molecule has 0 aromatic carbocycles. The zero-order chi connectivity index (χ0) is 25.3. The van der Waals surface area contributed by atoms with Gasteiger partial charge in [-0.3, -0.25) is 4.79 Å². The molecule has 1 saturated heterocycles. The number of halogens is 2. The molecular formula is C25H38F2N2O4. The molecule has 1 fully saturated rings. The predicted molar refractivity (Wildman–Crippen MR) is 125 cm³/mol. The lowest BCUT2D eigenvalue weighted by Gasteiger charge is -2.37. The van der Waals surface area contributed by atoms with Crippen LogP contribution in [0.3, 0.4) is 0 Å². The van der Waals surface area contributed by atoms with Gasteiger partial charge in [0.05, 0.1) is 11.5 Å². The highest BCUT2D eigenvalue weighted by Crippen LogP contribution is 2.34. The second kappa shape index (κ2) is 12.7. The summed E-state index contributed by atoms with van der Waals surface area (Å²) in [6, 6.07) is -0.0522. The Morgan fingerprint density at radius 2 is 2.03 bits per heavy atom. The number of carbonyl (C=O) groups is 1. The Morgan fingerprint density at radius 3 is 2.55 bits per heavy atom. The van der Waals surface area contributed by atoms with Crippen LogP contribution in [0.25, 0.3) is 0 Å². The molecule has 1 aromatic heterocycles. The van der Waals surface area contributed by atoms with Gasteiger partial charge in [0, 0.05) is 12.6 Å². The molecule has 1 aliphatic heterocycles. The SMILES string of the molecule is C=C/C=C\C(C(=O)N1CC(c2nc(C(C)(C)O)c(C)o2)CC[C@H]1C)=C(/C)OCC(F)F.CC. The van der Waals surface area contributed by atoms with Crippen molar-refractivity contribution in [1.29, 1.82) is 0 Å². The third-order valence-electron chi connectivity index (χ3n) is 5.32. The molecule has 0 bridgehead atoms. The number of ether oxygens (including phenoxy) is 1. The Hall–Kier alpha value is -2.48. The van der Waals surface area contributed by atoms with E-state index in [-0.39, 0.29) is 29.2 Å². The zero-order valence-electron chi connectivity index (χ0n) is 20.8. The molecule has 8 heteroatoms. The smallest absolute Gasteiger partial charge is 0.272 e. The number of rotatable bonds is 8. The van der Waals surface area contributed by atoms with Crippen molar-refractivity contribution in [2.45, 2.75) is 85.3 Å². The van der Waals surface area contributed by atoms with Gasteiger partial charge in [0.2, 0.25) is 0 Å². The van der Waals surface area contributed by atoms with E-state index in [9.17, 15) is 18.7 Å². The maximum atomic E-state index is 13.3. The van der Waals surface area contributed by atoms with Crippen LogP contribution in [0.1, 0.15) is 77.6 Å². The molecule has 1 aliphatic rings. The van der Waals surface area contributed by atoms with Gasteiger partial charge < -0.3 is 19.2 Å². The maximum Gasteiger partial charge on any atom is 0.272 e. The number of oxazole rings is 1. The lowest BCUT2D eigenvalue weighted by molar-refractivity contribution is -0.130. The Labute approximate surface area is 196 Å². The summed E-state index contributed by atoms with van der Waals surface area (Å²) in [5, 5.41) is 10.3. The highest BCUT2D eigenvalue weighted by Gasteiger charge is 2.35. The number of piperidine rings is 1. The van der Waals surface area contributed by atoms with Crippen LogP contribution in [-0.4, -0.2) is 46.5 Å². The van der Waals surface area contributed by atoms with Crippen LogP contribution in [0, 0.1) is 6.92 Å². The minimum atomic E-state index is -2.63. The molecule has 1 unspecified atom stereocenters. The van der Waals surface area contributed by atoms with Gasteiger partial charge in [-0.1, -0.05) is 32.6 Å². The molecule has 0 aliphatic carbocycles. The van der Waals surface area contributed by atoms with Gasteiger partial charge >= 0.3 is 0 Å². The van der Waals surface area contributed by atoms with Gasteiger partial charge in [-0.2, -0.15) is 0 Å². The fourth-order valence-corrected chi connectivity index (χ4v) is 3.67. The van der Waals surface area contributed by atoms with Crippen LogP contribution in [0.2, 0.25) is 0 Å². The van der Waals surface area contributed by atoms with E-state index >= 15 is 0 Å². The molecule has 0 spiro atoms. The van der Waals surface area contributed by atoms with E-state index in [0.717, 1.165) is 12.8 Å². The molecule has 33 heavy (non-hydrogen) atoms. The Morgan fingerprint density at radius 1 is 1.39 bits per heavy atom. The van der Waals surface area contributed by atoms with Gasteiger partial charge in [0.25, 0.3) is 12.3 Å². The van der Waals surface area contributed by atoms with Crippen molar-refractivity contribution in [3.63, 3.8) is 0 Å². The molecular weight excluding hydrogens is 430 g/mol. The molecule has 6 nitrogen and oxygen atoms in total. The number of aromatic nitrogens is 1. The predicted octanol–water partition coefficient (Wildman–Crippen LogP) is 5.63. The summed E-state index contributed by atoms with van der Waals surface area (Å²) >= 11 is 0. The largest absolute Gasteiger partial charge is 0.491 e. The molecule has 2 atom stereocenters. The summed E-state index contributed by atoms with van der Waals surface area (Å²) in [5.74, 6) is 0.714. The van der Waals surface area contributed by atoms with E-state index in [0.29, 0.717) is 23.9 Å². The van der Waals surface area contributed by atoms with Crippen LogP contribution < -0.4 is 0 Å². The summed E-state index contributed by atoms with van der Waals surface area (Å²) in [6.45, 7) is 15.7. The molecule has 0 radical (unpaired) electrons. The lowest BCUT2D eigenvalue weighted by Crippen LogP contribution is -2.45.